The van der Waals surface area contributed by atoms with Crippen molar-refractivity contribution in [2.75, 3.05) is 37.6 Å². The number of piperazine rings is 1. The molecule has 1 amide bonds. The van der Waals surface area contributed by atoms with Crippen molar-refractivity contribution in [2.24, 2.45) is 0 Å². The molecule has 1 aromatic heterocycles. The SMILES string of the molecule is CC(Cn1cccn1)NCC(=O)N1CCN(c2cccc(Cl)c2)CC1. The molecule has 0 radical (unpaired) electrons. The fraction of sp³-hybridized carbons (Fsp3) is 0.444. The third-order valence-electron chi connectivity index (χ3n) is 4.43. The normalized spacial score (nSPS) is 16.1. The van der Waals surface area contributed by atoms with E-state index in [2.05, 4.69) is 28.3 Å². The van der Waals surface area contributed by atoms with Crippen LogP contribution in [0.2, 0.25) is 5.02 Å². The molecule has 1 aliphatic heterocycles. The summed E-state index contributed by atoms with van der Waals surface area (Å²) in [5, 5.41) is 8.21. The molecule has 1 atom stereocenters. The maximum absolute atomic E-state index is 12.4. The molecule has 0 spiro atoms. The summed E-state index contributed by atoms with van der Waals surface area (Å²) in [5.41, 5.74) is 1.12. The van der Waals surface area contributed by atoms with Gasteiger partial charge in [-0.15, -0.1) is 0 Å². The Hall–Kier alpha value is -2.05. The summed E-state index contributed by atoms with van der Waals surface area (Å²) < 4.78 is 1.87. The molecule has 134 valence electrons. The van der Waals surface area contributed by atoms with Crippen LogP contribution in [-0.4, -0.2) is 59.4 Å². The van der Waals surface area contributed by atoms with Gasteiger partial charge in [0.25, 0.3) is 0 Å². The third kappa shape index (κ3) is 4.96. The first kappa shape index (κ1) is 17.8. The van der Waals surface area contributed by atoms with Crippen molar-refractivity contribution < 1.29 is 4.79 Å². The number of nitrogens with one attached hydrogen (secondary N) is 1. The second-order valence-electron chi connectivity index (χ2n) is 6.36. The number of hydrogen-bond donors (Lipinski definition) is 1. The van der Waals surface area contributed by atoms with Crippen LogP contribution in [0.15, 0.2) is 42.7 Å². The highest BCUT2D eigenvalue weighted by Crippen LogP contribution is 2.20. The molecule has 25 heavy (non-hydrogen) atoms. The molecule has 7 heteroatoms. The second kappa shape index (κ2) is 8.36. The van der Waals surface area contributed by atoms with E-state index in [1.807, 2.05) is 40.0 Å². The van der Waals surface area contributed by atoms with Crippen LogP contribution in [0.5, 0.6) is 0 Å². The molecule has 6 nitrogen and oxygen atoms in total. The zero-order valence-electron chi connectivity index (χ0n) is 14.4. The zero-order chi connectivity index (χ0) is 17.6. The fourth-order valence-corrected chi connectivity index (χ4v) is 3.20. The molecule has 0 aliphatic carbocycles. The van der Waals surface area contributed by atoms with Crippen LogP contribution < -0.4 is 10.2 Å². The molecule has 1 N–H and O–H groups in total. The minimum absolute atomic E-state index is 0.151. The number of carbonyl (C=O) groups excluding carboxylic acids is 1. The molecule has 1 fully saturated rings. The summed E-state index contributed by atoms with van der Waals surface area (Å²) in [6, 6.07) is 9.95. The predicted octanol–water partition coefficient (Wildman–Crippen LogP) is 1.86. The van der Waals surface area contributed by atoms with Crippen LogP contribution >= 0.6 is 11.6 Å². The molecular formula is C18H24ClN5O. The van der Waals surface area contributed by atoms with Gasteiger partial charge >= 0.3 is 0 Å². The van der Waals surface area contributed by atoms with Gasteiger partial charge in [-0.05, 0) is 31.2 Å². The summed E-state index contributed by atoms with van der Waals surface area (Å²) in [4.78, 5) is 16.6. The van der Waals surface area contributed by atoms with Crippen molar-refractivity contribution in [1.29, 1.82) is 0 Å². The zero-order valence-corrected chi connectivity index (χ0v) is 15.2. The number of amides is 1. The minimum Gasteiger partial charge on any atom is -0.368 e. The topological polar surface area (TPSA) is 53.4 Å². The van der Waals surface area contributed by atoms with Crippen molar-refractivity contribution in [3.8, 4) is 0 Å². The maximum Gasteiger partial charge on any atom is 0.236 e. The van der Waals surface area contributed by atoms with Gasteiger partial charge in [0.05, 0.1) is 13.1 Å². The van der Waals surface area contributed by atoms with Gasteiger partial charge in [0.2, 0.25) is 5.91 Å². The van der Waals surface area contributed by atoms with Gasteiger partial charge in [0, 0.05) is 55.3 Å². The third-order valence-corrected chi connectivity index (χ3v) is 4.66. The molecule has 2 aromatic rings. The molecule has 1 unspecified atom stereocenters. The van der Waals surface area contributed by atoms with E-state index in [1.165, 1.54) is 0 Å². The lowest BCUT2D eigenvalue weighted by Crippen LogP contribution is -2.51. The quantitative estimate of drug-likeness (QED) is 0.853. The van der Waals surface area contributed by atoms with Crippen molar-refractivity contribution in [2.45, 2.75) is 19.5 Å². The molecule has 0 bridgehead atoms. The highest BCUT2D eigenvalue weighted by Gasteiger charge is 2.21. The fourth-order valence-electron chi connectivity index (χ4n) is 3.01. The molecule has 1 saturated heterocycles. The van der Waals surface area contributed by atoms with E-state index in [-0.39, 0.29) is 11.9 Å². The summed E-state index contributed by atoms with van der Waals surface area (Å²) >= 11 is 6.06. The van der Waals surface area contributed by atoms with Crippen molar-refractivity contribution in [1.82, 2.24) is 20.0 Å². The van der Waals surface area contributed by atoms with E-state index in [1.54, 1.807) is 6.20 Å². The van der Waals surface area contributed by atoms with Crippen LogP contribution in [0, 0.1) is 0 Å². The van der Waals surface area contributed by atoms with Gasteiger partial charge in [-0.1, -0.05) is 17.7 Å². The van der Waals surface area contributed by atoms with Crippen LogP contribution in [0.3, 0.4) is 0 Å². The Bertz CT molecular complexity index is 683. The lowest BCUT2D eigenvalue weighted by molar-refractivity contribution is -0.130. The van der Waals surface area contributed by atoms with Crippen molar-refractivity contribution in [3.63, 3.8) is 0 Å². The first-order valence-electron chi connectivity index (χ1n) is 8.61. The summed E-state index contributed by atoms with van der Waals surface area (Å²) in [6.07, 6.45) is 3.69. The summed E-state index contributed by atoms with van der Waals surface area (Å²) in [7, 11) is 0. The number of aromatic nitrogens is 2. The second-order valence-corrected chi connectivity index (χ2v) is 6.79. The highest BCUT2D eigenvalue weighted by atomic mass is 35.5. The van der Waals surface area contributed by atoms with Crippen LogP contribution in [0.4, 0.5) is 5.69 Å². The molecule has 1 aromatic carbocycles. The number of nitrogens with zero attached hydrogens (tertiary/aromatic N) is 4. The highest BCUT2D eigenvalue weighted by molar-refractivity contribution is 6.30. The van der Waals surface area contributed by atoms with E-state index >= 15 is 0 Å². The molecule has 1 aliphatic rings. The maximum atomic E-state index is 12.4. The lowest BCUT2D eigenvalue weighted by Gasteiger charge is -2.36. The Kier molecular flexibility index (Phi) is 5.94. The Morgan fingerprint density at radius 1 is 1.28 bits per heavy atom. The average molecular weight is 362 g/mol. The smallest absolute Gasteiger partial charge is 0.236 e. The molecular weight excluding hydrogens is 338 g/mol. The number of carbonyl (C=O) groups is 1. The van der Waals surface area contributed by atoms with Crippen LogP contribution in [0.1, 0.15) is 6.92 Å². The number of hydrogen-bond acceptors (Lipinski definition) is 4. The predicted molar refractivity (Wildman–Crippen MR) is 99.9 cm³/mol. The van der Waals surface area contributed by atoms with E-state index in [4.69, 9.17) is 11.6 Å². The van der Waals surface area contributed by atoms with Crippen molar-refractivity contribution >= 4 is 23.2 Å². The number of rotatable bonds is 6. The van der Waals surface area contributed by atoms with Crippen molar-refractivity contribution in [3.05, 3.63) is 47.7 Å². The van der Waals surface area contributed by atoms with E-state index in [0.717, 1.165) is 43.4 Å². The van der Waals surface area contributed by atoms with Crippen LogP contribution in [0.25, 0.3) is 0 Å². The van der Waals surface area contributed by atoms with E-state index in [0.29, 0.717) is 6.54 Å². The largest absolute Gasteiger partial charge is 0.368 e. The van der Waals surface area contributed by atoms with Gasteiger partial charge in [-0.3, -0.25) is 9.48 Å². The van der Waals surface area contributed by atoms with E-state index < -0.39 is 0 Å². The lowest BCUT2D eigenvalue weighted by atomic mass is 10.2. The molecule has 2 heterocycles. The van der Waals surface area contributed by atoms with Gasteiger partial charge in [-0.2, -0.15) is 5.10 Å². The van der Waals surface area contributed by atoms with Gasteiger partial charge in [-0.25, -0.2) is 0 Å². The van der Waals surface area contributed by atoms with E-state index in [9.17, 15) is 4.79 Å². The molecule has 0 saturated carbocycles. The number of anilines is 1. The minimum atomic E-state index is 0.151. The Balaban J connectivity index is 1.42. The Morgan fingerprint density at radius 3 is 2.76 bits per heavy atom. The van der Waals surface area contributed by atoms with Gasteiger partial charge in [0.15, 0.2) is 0 Å². The van der Waals surface area contributed by atoms with Gasteiger partial charge < -0.3 is 15.1 Å². The average Bonchev–Trinajstić information content (AvgIpc) is 3.13. The number of benzene rings is 1. The number of halogens is 1. The summed E-state index contributed by atoms with van der Waals surface area (Å²) in [6.45, 7) is 6.31. The van der Waals surface area contributed by atoms with Crippen LogP contribution in [-0.2, 0) is 11.3 Å². The Labute approximate surface area is 153 Å². The van der Waals surface area contributed by atoms with Gasteiger partial charge in [0.1, 0.15) is 0 Å². The summed E-state index contributed by atoms with van der Waals surface area (Å²) in [5.74, 6) is 0.151. The molecule has 3 rings (SSSR count). The Morgan fingerprint density at radius 2 is 2.08 bits per heavy atom. The monoisotopic (exact) mass is 361 g/mol. The standard InChI is InChI=1S/C18H24ClN5O/c1-15(14-24-7-3-6-21-24)20-13-18(25)23-10-8-22(9-11-23)17-5-2-4-16(19)12-17/h2-7,12,15,20H,8-11,13-14H2,1H3. The first-order valence-corrected chi connectivity index (χ1v) is 8.99. The first-order chi connectivity index (χ1) is 12.1.